The van der Waals surface area contributed by atoms with E-state index in [0.29, 0.717) is 6.54 Å². The summed E-state index contributed by atoms with van der Waals surface area (Å²) in [6, 6.07) is 2.79. The first kappa shape index (κ1) is 15.5. The Kier molecular flexibility index (Phi) is 5.82. The molecule has 106 valence electrons. The summed E-state index contributed by atoms with van der Waals surface area (Å²) in [6.07, 6.45) is 0.779. The molecule has 0 spiro atoms. The van der Waals surface area contributed by atoms with Crippen LogP contribution in [-0.2, 0) is 11.2 Å². The van der Waals surface area contributed by atoms with Crippen molar-refractivity contribution < 1.29 is 14.7 Å². The molecule has 0 aliphatic carbocycles. The Morgan fingerprint density at radius 1 is 1.47 bits per heavy atom. The van der Waals surface area contributed by atoms with Crippen LogP contribution in [0.25, 0.3) is 0 Å². The molecule has 0 unspecified atom stereocenters. The Morgan fingerprint density at radius 3 is 2.63 bits per heavy atom. The molecule has 1 heterocycles. The third-order valence-corrected chi connectivity index (χ3v) is 3.77. The zero-order chi connectivity index (χ0) is 14.4. The average Bonchev–Trinajstić information content (AvgIpc) is 2.84. The van der Waals surface area contributed by atoms with Gasteiger partial charge in [-0.05, 0) is 23.8 Å². The molecule has 19 heavy (non-hydrogen) atoms. The highest BCUT2D eigenvalue weighted by Gasteiger charge is 2.24. The number of rotatable bonds is 6. The standard InChI is InChI=1S/C13H20N2O3S/c1-9(2)11(12(16)17)14-13(18)15(3)7-6-10-5-4-8-19-10/h4-5,8-9,11H,6-7H2,1-3H3,(H,14,18)(H,16,17)/t11-/m0/s1. The van der Waals surface area contributed by atoms with Gasteiger partial charge in [0.05, 0.1) is 0 Å². The number of amides is 2. The number of hydrogen-bond donors (Lipinski definition) is 2. The quantitative estimate of drug-likeness (QED) is 0.840. The zero-order valence-corrected chi connectivity index (χ0v) is 12.2. The lowest BCUT2D eigenvalue weighted by molar-refractivity contribution is -0.140. The van der Waals surface area contributed by atoms with E-state index in [9.17, 15) is 9.59 Å². The van der Waals surface area contributed by atoms with Crippen molar-refractivity contribution in [3.63, 3.8) is 0 Å². The second kappa shape index (κ2) is 7.13. The lowest BCUT2D eigenvalue weighted by Crippen LogP contribution is -2.49. The Balaban J connectivity index is 2.45. The number of carboxylic acid groups (broad SMARTS) is 1. The van der Waals surface area contributed by atoms with Gasteiger partial charge in [0.2, 0.25) is 0 Å². The van der Waals surface area contributed by atoms with Crippen molar-refractivity contribution in [2.75, 3.05) is 13.6 Å². The number of hydrogen-bond acceptors (Lipinski definition) is 3. The van der Waals surface area contributed by atoms with Crippen LogP contribution in [0.4, 0.5) is 4.79 Å². The van der Waals surface area contributed by atoms with Gasteiger partial charge in [-0.25, -0.2) is 9.59 Å². The largest absolute Gasteiger partial charge is 0.480 e. The molecular weight excluding hydrogens is 264 g/mol. The van der Waals surface area contributed by atoms with Gasteiger partial charge < -0.3 is 15.3 Å². The van der Waals surface area contributed by atoms with Crippen LogP contribution in [0.15, 0.2) is 17.5 Å². The third kappa shape index (κ3) is 4.90. The first-order valence-corrected chi connectivity index (χ1v) is 7.06. The van der Waals surface area contributed by atoms with E-state index in [1.54, 1.807) is 32.2 Å². The monoisotopic (exact) mass is 284 g/mol. The molecule has 2 N–H and O–H groups in total. The van der Waals surface area contributed by atoms with E-state index in [4.69, 9.17) is 5.11 Å². The molecule has 6 heteroatoms. The molecular formula is C13H20N2O3S. The fraction of sp³-hybridized carbons (Fsp3) is 0.538. The van der Waals surface area contributed by atoms with Crippen molar-refractivity contribution in [3.05, 3.63) is 22.4 Å². The molecule has 0 saturated carbocycles. The molecule has 0 radical (unpaired) electrons. The number of aliphatic carboxylic acids is 1. The number of urea groups is 1. The van der Waals surface area contributed by atoms with Gasteiger partial charge in [-0.15, -0.1) is 11.3 Å². The van der Waals surface area contributed by atoms with E-state index in [0.717, 1.165) is 6.42 Å². The normalized spacial score (nSPS) is 12.2. The highest BCUT2D eigenvalue weighted by Crippen LogP contribution is 2.09. The summed E-state index contributed by atoms with van der Waals surface area (Å²) in [5, 5.41) is 13.6. The minimum Gasteiger partial charge on any atom is -0.480 e. The Labute approximate surface area is 117 Å². The van der Waals surface area contributed by atoms with Gasteiger partial charge in [0, 0.05) is 18.5 Å². The number of carbonyl (C=O) groups excluding carboxylic acids is 1. The smallest absolute Gasteiger partial charge is 0.326 e. The maximum Gasteiger partial charge on any atom is 0.326 e. The molecule has 0 bridgehead atoms. The van der Waals surface area contributed by atoms with E-state index in [-0.39, 0.29) is 11.9 Å². The van der Waals surface area contributed by atoms with Crippen LogP contribution in [-0.4, -0.2) is 41.6 Å². The lowest BCUT2D eigenvalue weighted by Gasteiger charge is -2.23. The maximum atomic E-state index is 11.9. The second-order valence-electron chi connectivity index (χ2n) is 4.76. The van der Waals surface area contributed by atoms with Gasteiger partial charge in [-0.2, -0.15) is 0 Å². The van der Waals surface area contributed by atoms with Crippen LogP contribution < -0.4 is 5.32 Å². The molecule has 0 aliphatic rings. The van der Waals surface area contributed by atoms with E-state index in [1.807, 2.05) is 17.5 Å². The number of thiophene rings is 1. The molecule has 5 nitrogen and oxygen atoms in total. The number of likely N-dealkylation sites (N-methyl/N-ethyl adjacent to an activating group) is 1. The van der Waals surface area contributed by atoms with E-state index < -0.39 is 12.0 Å². The van der Waals surface area contributed by atoms with Crippen LogP contribution >= 0.6 is 11.3 Å². The molecule has 2 amide bonds. The molecule has 1 aromatic heterocycles. The minimum absolute atomic E-state index is 0.146. The van der Waals surface area contributed by atoms with Gasteiger partial charge in [-0.1, -0.05) is 19.9 Å². The fourth-order valence-corrected chi connectivity index (χ4v) is 2.29. The van der Waals surface area contributed by atoms with E-state index >= 15 is 0 Å². The first-order valence-electron chi connectivity index (χ1n) is 6.18. The summed E-state index contributed by atoms with van der Waals surface area (Å²) in [4.78, 5) is 25.6. The summed E-state index contributed by atoms with van der Waals surface area (Å²) in [6.45, 7) is 4.10. The van der Waals surface area contributed by atoms with Gasteiger partial charge in [0.15, 0.2) is 0 Å². The second-order valence-corrected chi connectivity index (χ2v) is 5.79. The lowest BCUT2D eigenvalue weighted by atomic mass is 10.1. The average molecular weight is 284 g/mol. The van der Waals surface area contributed by atoms with Crippen molar-refractivity contribution in [2.45, 2.75) is 26.3 Å². The van der Waals surface area contributed by atoms with Crippen LogP contribution in [0.5, 0.6) is 0 Å². The summed E-state index contributed by atoms with van der Waals surface area (Å²) >= 11 is 1.65. The fourth-order valence-electron chi connectivity index (χ4n) is 1.59. The summed E-state index contributed by atoms with van der Waals surface area (Å²) in [5.41, 5.74) is 0. The number of carbonyl (C=O) groups is 2. The molecule has 0 aliphatic heterocycles. The molecule has 0 aromatic carbocycles. The molecule has 0 saturated heterocycles. The predicted molar refractivity (Wildman–Crippen MR) is 75.4 cm³/mol. The van der Waals surface area contributed by atoms with Gasteiger partial charge >= 0.3 is 12.0 Å². The van der Waals surface area contributed by atoms with Crippen molar-refractivity contribution >= 4 is 23.3 Å². The van der Waals surface area contributed by atoms with Crippen LogP contribution in [0.3, 0.4) is 0 Å². The SMILES string of the molecule is CC(C)[C@H](NC(=O)N(C)CCc1cccs1)C(=O)O. The molecule has 1 atom stereocenters. The first-order chi connectivity index (χ1) is 8.91. The number of nitrogens with one attached hydrogen (secondary N) is 1. The highest BCUT2D eigenvalue weighted by molar-refractivity contribution is 7.09. The summed E-state index contributed by atoms with van der Waals surface area (Å²) < 4.78 is 0. The summed E-state index contributed by atoms with van der Waals surface area (Å²) in [5.74, 6) is -1.15. The molecule has 1 rings (SSSR count). The Hall–Kier alpha value is -1.56. The van der Waals surface area contributed by atoms with Crippen LogP contribution in [0, 0.1) is 5.92 Å². The van der Waals surface area contributed by atoms with Crippen molar-refractivity contribution in [1.82, 2.24) is 10.2 Å². The summed E-state index contributed by atoms with van der Waals surface area (Å²) in [7, 11) is 1.67. The Bertz CT molecular complexity index is 418. The van der Waals surface area contributed by atoms with Crippen molar-refractivity contribution in [3.8, 4) is 0 Å². The van der Waals surface area contributed by atoms with E-state index in [2.05, 4.69) is 5.32 Å². The Morgan fingerprint density at radius 2 is 2.16 bits per heavy atom. The molecule has 1 aromatic rings. The van der Waals surface area contributed by atoms with Gasteiger partial charge in [0.1, 0.15) is 6.04 Å². The minimum atomic E-state index is -1.00. The van der Waals surface area contributed by atoms with Gasteiger partial charge in [-0.3, -0.25) is 0 Å². The highest BCUT2D eigenvalue weighted by atomic mass is 32.1. The topological polar surface area (TPSA) is 69.6 Å². The molecule has 0 fully saturated rings. The zero-order valence-electron chi connectivity index (χ0n) is 11.4. The van der Waals surface area contributed by atoms with Crippen LogP contribution in [0.2, 0.25) is 0 Å². The van der Waals surface area contributed by atoms with Crippen molar-refractivity contribution in [2.24, 2.45) is 5.92 Å². The number of nitrogens with zero attached hydrogens (tertiary/aromatic N) is 1. The predicted octanol–water partition coefficient (Wildman–Crippen LogP) is 2.04. The van der Waals surface area contributed by atoms with E-state index in [1.165, 1.54) is 9.78 Å². The van der Waals surface area contributed by atoms with Crippen LogP contribution in [0.1, 0.15) is 18.7 Å². The van der Waals surface area contributed by atoms with Crippen molar-refractivity contribution in [1.29, 1.82) is 0 Å². The number of carboxylic acids is 1. The maximum absolute atomic E-state index is 11.9. The van der Waals surface area contributed by atoms with Gasteiger partial charge in [0.25, 0.3) is 0 Å². The third-order valence-electron chi connectivity index (χ3n) is 2.83.